The summed E-state index contributed by atoms with van der Waals surface area (Å²) >= 11 is 0. The molecule has 1 N–H and O–H groups in total. The number of hydrogen-bond donors (Lipinski definition) is 1. The Labute approximate surface area is 160 Å². The highest BCUT2D eigenvalue weighted by atomic mass is 19.3. The van der Waals surface area contributed by atoms with Crippen molar-refractivity contribution in [2.24, 2.45) is 5.92 Å². The van der Waals surface area contributed by atoms with Gasteiger partial charge in [0.25, 0.3) is 0 Å². The Morgan fingerprint density at radius 2 is 2.11 bits per heavy atom. The van der Waals surface area contributed by atoms with Crippen molar-refractivity contribution in [2.75, 3.05) is 18.9 Å². The third-order valence-corrected chi connectivity index (χ3v) is 5.08. The third-order valence-electron chi connectivity index (χ3n) is 5.08. The van der Waals surface area contributed by atoms with Gasteiger partial charge in [-0.15, -0.1) is 0 Å². The number of aromatic nitrogens is 2. The van der Waals surface area contributed by atoms with Crippen LogP contribution in [0.15, 0.2) is 24.3 Å². The van der Waals surface area contributed by atoms with Crippen LogP contribution in [-0.4, -0.2) is 40.1 Å². The molecule has 3 rings (SSSR count). The van der Waals surface area contributed by atoms with Crippen LogP contribution in [0.3, 0.4) is 0 Å². The molecule has 1 fully saturated rings. The number of anilines is 1. The summed E-state index contributed by atoms with van der Waals surface area (Å²) in [6.07, 6.45) is 0.340. The van der Waals surface area contributed by atoms with Gasteiger partial charge in [0.05, 0.1) is 5.69 Å². The summed E-state index contributed by atoms with van der Waals surface area (Å²) in [7, 11) is 1.54. The lowest BCUT2D eigenvalue weighted by Crippen LogP contribution is -2.33. The van der Waals surface area contributed by atoms with E-state index in [0.29, 0.717) is 16.8 Å². The summed E-state index contributed by atoms with van der Waals surface area (Å²) in [6.45, 7) is 0.620. The first-order valence-corrected chi connectivity index (χ1v) is 8.92. The highest BCUT2D eigenvalue weighted by Crippen LogP contribution is 2.34. The van der Waals surface area contributed by atoms with Crippen LogP contribution in [0.1, 0.15) is 36.3 Å². The van der Waals surface area contributed by atoms with Crippen molar-refractivity contribution in [1.29, 1.82) is 0 Å². The van der Waals surface area contributed by atoms with Gasteiger partial charge in [-0.3, -0.25) is 9.59 Å². The van der Waals surface area contributed by atoms with Crippen molar-refractivity contribution in [3.8, 4) is 0 Å². The third kappa shape index (κ3) is 3.48. The van der Waals surface area contributed by atoms with Gasteiger partial charge in [0.2, 0.25) is 11.8 Å². The van der Waals surface area contributed by atoms with Gasteiger partial charge in [-0.1, -0.05) is 13.0 Å². The molecule has 0 aliphatic carbocycles. The van der Waals surface area contributed by atoms with Crippen LogP contribution in [0, 0.1) is 18.7 Å². The largest absolute Gasteiger partial charge is 0.344 e. The molecular weight excluding hydrogens is 373 g/mol. The number of carbonyl (C=O) groups is 2. The highest BCUT2D eigenvalue weighted by Gasteiger charge is 2.45. The van der Waals surface area contributed by atoms with E-state index >= 15 is 0 Å². The molecule has 150 valence electrons. The maximum absolute atomic E-state index is 13.7. The Hall–Kier alpha value is -2.84. The summed E-state index contributed by atoms with van der Waals surface area (Å²) < 4.78 is 40.8. The standard InChI is InChI=1S/C19H21F3N4O2/c1-4-11-8-15(24-26(11)19(21)22)12-9-25(3)18(28)16(12)17(27)23-14-7-5-6-13(20)10(14)2/h5-8,12,16,19H,4,9H2,1-3H3,(H,23,27)/t12-,16?/m1/s1. The topological polar surface area (TPSA) is 67.2 Å². The Balaban J connectivity index is 1.92. The lowest BCUT2D eigenvalue weighted by atomic mass is 9.91. The number of amides is 2. The number of halogens is 3. The fourth-order valence-corrected chi connectivity index (χ4v) is 3.48. The van der Waals surface area contributed by atoms with Crippen LogP contribution >= 0.6 is 0 Å². The molecule has 1 aromatic heterocycles. The number of nitrogens with zero attached hydrogens (tertiary/aromatic N) is 3. The first-order chi connectivity index (χ1) is 13.2. The van der Waals surface area contributed by atoms with Crippen molar-refractivity contribution < 1.29 is 22.8 Å². The molecule has 1 saturated heterocycles. The van der Waals surface area contributed by atoms with E-state index in [-0.39, 0.29) is 23.5 Å². The average molecular weight is 394 g/mol. The second kappa shape index (κ2) is 7.65. The molecule has 1 aromatic carbocycles. The van der Waals surface area contributed by atoms with Gasteiger partial charge in [0.1, 0.15) is 11.7 Å². The normalized spacial score (nSPS) is 19.5. The van der Waals surface area contributed by atoms with E-state index in [4.69, 9.17) is 0 Å². The number of carbonyl (C=O) groups excluding carboxylic acids is 2. The molecule has 28 heavy (non-hydrogen) atoms. The van der Waals surface area contributed by atoms with E-state index in [1.807, 2.05) is 0 Å². The minimum atomic E-state index is -2.80. The smallest absolute Gasteiger partial charge is 0.333 e. The summed E-state index contributed by atoms with van der Waals surface area (Å²) in [6, 6.07) is 5.77. The fourth-order valence-electron chi connectivity index (χ4n) is 3.48. The van der Waals surface area contributed by atoms with E-state index in [9.17, 15) is 22.8 Å². The number of likely N-dealkylation sites (tertiary alicyclic amines) is 1. The molecule has 1 aliphatic heterocycles. The number of hydrogen-bond acceptors (Lipinski definition) is 3. The number of rotatable bonds is 5. The molecule has 1 aliphatic rings. The number of aryl methyl sites for hydroxylation is 1. The Kier molecular flexibility index (Phi) is 5.44. The van der Waals surface area contributed by atoms with Gasteiger partial charge in [-0.05, 0) is 31.5 Å². The number of nitrogens with one attached hydrogen (secondary N) is 1. The Morgan fingerprint density at radius 1 is 1.39 bits per heavy atom. The van der Waals surface area contributed by atoms with E-state index in [1.165, 1.54) is 36.1 Å². The molecule has 0 radical (unpaired) electrons. The van der Waals surface area contributed by atoms with E-state index in [1.54, 1.807) is 14.0 Å². The number of benzene rings is 1. The molecule has 2 amide bonds. The molecule has 2 aromatic rings. The minimum absolute atomic E-state index is 0.183. The van der Waals surface area contributed by atoms with Gasteiger partial charge in [0, 0.05) is 36.5 Å². The lowest BCUT2D eigenvalue weighted by Gasteiger charge is -2.16. The zero-order valence-electron chi connectivity index (χ0n) is 15.7. The molecule has 6 nitrogen and oxygen atoms in total. The summed E-state index contributed by atoms with van der Waals surface area (Å²) in [5.41, 5.74) is 1.11. The zero-order valence-corrected chi connectivity index (χ0v) is 15.7. The van der Waals surface area contributed by atoms with E-state index < -0.39 is 36.0 Å². The Morgan fingerprint density at radius 3 is 2.71 bits per heavy atom. The van der Waals surface area contributed by atoms with Crippen molar-refractivity contribution in [2.45, 2.75) is 32.7 Å². The molecule has 0 spiro atoms. The second-order valence-electron chi connectivity index (χ2n) is 6.84. The van der Waals surface area contributed by atoms with Gasteiger partial charge in [0.15, 0.2) is 0 Å². The van der Waals surface area contributed by atoms with Gasteiger partial charge in [-0.25, -0.2) is 9.07 Å². The predicted octanol–water partition coefficient (Wildman–Crippen LogP) is 3.10. The predicted molar refractivity (Wildman–Crippen MR) is 96.5 cm³/mol. The zero-order chi connectivity index (χ0) is 20.6. The molecular formula is C19H21F3N4O2. The van der Waals surface area contributed by atoms with Crippen molar-refractivity contribution in [3.63, 3.8) is 0 Å². The van der Waals surface area contributed by atoms with Gasteiger partial charge in [-0.2, -0.15) is 13.9 Å². The van der Waals surface area contributed by atoms with Crippen LogP contribution in [-0.2, 0) is 16.0 Å². The summed E-state index contributed by atoms with van der Waals surface area (Å²) in [5, 5.41) is 6.54. The second-order valence-corrected chi connectivity index (χ2v) is 6.84. The SMILES string of the molecule is CCc1cc([C@H]2CN(C)C(=O)C2C(=O)Nc2cccc(F)c2C)nn1C(F)F. The van der Waals surface area contributed by atoms with Crippen LogP contribution in [0.2, 0.25) is 0 Å². The summed E-state index contributed by atoms with van der Waals surface area (Å²) in [4.78, 5) is 26.8. The molecule has 2 heterocycles. The fraction of sp³-hybridized carbons (Fsp3) is 0.421. The van der Waals surface area contributed by atoms with Gasteiger partial charge >= 0.3 is 6.55 Å². The van der Waals surface area contributed by atoms with Crippen molar-refractivity contribution in [3.05, 3.63) is 47.0 Å². The van der Waals surface area contributed by atoms with Crippen LogP contribution in [0.5, 0.6) is 0 Å². The van der Waals surface area contributed by atoms with Crippen molar-refractivity contribution >= 4 is 17.5 Å². The van der Waals surface area contributed by atoms with Crippen molar-refractivity contribution in [1.82, 2.24) is 14.7 Å². The highest BCUT2D eigenvalue weighted by molar-refractivity contribution is 6.08. The average Bonchev–Trinajstić information content (AvgIpc) is 3.20. The van der Waals surface area contributed by atoms with E-state index in [0.717, 1.165) is 0 Å². The minimum Gasteiger partial charge on any atom is -0.344 e. The quantitative estimate of drug-likeness (QED) is 0.793. The molecule has 9 heteroatoms. The van der Waals surface area contributed by atoms with E-state index in [2.05, 4.69) is 10.4 Å². The molecule has 1 unspecified atom stereocenters. The maximum atomic E-state index is 13.7. The first-order valence-electron chi connectivity index (χ1n) is 8.92. The maximum Gasteiger partial charge on any atom is 0.333 e. The van der Waals surface area contributed by atoms with Crippen LogP contribution < -0.4 is 5.32 Å². The van der Waals surface area contributed by atoms with Crippen LogP contribution in [0.25, 0.3) is 0 Å². The number of likely N-dealkylation sites (N-methyl/N-ethyl adjacent to an activating group) is 1. The summed E-state index contributed by atoms with van der Waals surface area (Å²) in [5.74, 6) is -3.32. The van der Waals surface area contributed by atoms with Gasteiger partial charge < -0.3 is 10.2 Å². The Bertz CT molecular complexity index is 913. The number of alkyl halides is 2. The first kappa shape index (κ1) is 19.9. The molecule has 2 atom stereocenters. The molecule has 0 bridgehead atoms. The lowest BCUT2D eigenvalue weighted by molar-refractivity contribution is -0.135. The monoisotopic (exact) mass is 394 g/mol. The molecule has 0 saturated carbocycles. The van der Waals surface area contributed by atoms with Crippen LogP contribution in [0.4, 0.5) is 18.9 Å².